The van der Waals surface area contributed by atoms with E-state index in [1.807, 2.05) is 4.90 Å². The van der Waals surface area contributed by atoms with Gasteiger partial charge in [0, 0.05) is 38.3 Å². The number of ether oxygens (including phenoxy) is 1. The van der Waals surface area contributed by atoms with E-state index in [0.717, 1.165) is 38.6 Å². The lowest BCUT2D eigenvalue weighted by atomic mass is 9.91. The van der Waals surface area contributed by atoms with Crippen molar-refractivity contribution in [3.8, 4) is 11.5 Å². The second kappa shape index (κ2) is 11.3. The van der Waals surface area contributed by atoms with Crippen molar-refractivity contribution in [2.24, 2.45) is 0 Å². The molecule has 2 fully saturated rings. The van der Waals surface area contributed by atoms with Crippen LogP contribution in [0.25, 0.3) is 0 Å². The molecule has 34 heavy (non-hydrogen) atoms. The first-order valence-corrected chi connectivity index (χ1v) is 10.9. The standard InChI is InChI=1S/C21H24FN3O2.C2HF3O2/c22-16-4-1-7-18(14-16)27-19-8-9-20(23-15-19)21(26)25-11-3-10-24(12-13-25)17-5-2-6-17;3-2(4,5)1(6)7/h1,4,7-9,14-15,17H,2-3,5-6,10-13H2;(H,6,7). The van der Waals surface area contributed by atoms with E-state index in [1.165, 1.54) is 37.6 Å². The Kier molecular flexibility index (Phi) is 8.43. The molecular weight excluding hydrogens is 458 g/mol. The van der Waals surface area contributed by atoms with Gasteiger partial charge >= 0.3 is 12.1 Å². The molecule has 0 radical (unpaired) electrons. The summed E-state index contributed by atoms with van der Waals surface area (Å²) in [5, 5.41) is 7.12. The molecule has 4 rings (SSSR count). The minimum absolute atomic E-state index is 0.0391. The third-order valence-electron chi connectivity index (χ3n) is 5.64. The lowest BCUT2D eigenvalue weighted by Gasteiger charge is -2.36. The van der Waals surface area contributed by atoms with E-state index in [0.29, 0.717) is 17.2 Å². The first kappa shape index (κ1) is 25.4. The summed E-state index contributed by atoms with van der Waals surface area (Å²) in [5.74, 6) is -2.27. The minimum Gasteiger partial charge on any atom is -0.475 e. The summed E-state index contributed by atoms with van der Waals surface area (Å²) in [7, 11) is 0. The average Bonchev–Trinajstić information content (AvgIpc) is 2.98. The Morgan fingerprint density at radius 1 is 1.00 bits per heavy atom. The molecule has 11 heteroatoms. The Hall–Kier alpha value is -3.21. The summed E-state index contributed by atoms with van der Waals surface area (Å²) in [5.41, 5.74) is 0.415. The van der Waals surface area contributed by atoms with Crippen molar-refractivity contribution >= 4 is 11.9 Å². The highest BCUT2D eigenvalue weighted by atomic mass is 19.4. The van der Waals surface area contributed by atoms with Gasteiger partial charge in [0.15, 0.2) is 0 Å². The molecule has 2 heterocycles. The molecule has 1 aromatic carbocycles. The molecule has 2 aromatic rings. The van der Waals surface area contributed by atoms with Crippen LogP contribution in [0.4, 0.5) is 17.6 Å². The van der Waals surface area contributed by atoms with Crippen molar-refractivity contribution in [2.45, 2.75) is 37.9 Å². The molecule has 1 aromatic heterocycles. The van der Waals surface area contributed by atoms with Gasteiger partial charge in [0.25, 0.3) is 5.91 Å². The zero-order chi connectivity index (χ0) is 24.7. The van der Waals surface area contributed by atoms with Gasteiger partial charge in [-0.05, 0) is 43.5 Å². The highest BCUT2D eigenvalue weighted by Crippen LogP contribution is 2.26. The van der Waals surface area contributed by atoms with Crippen molar-refractivity contribution in [3.63, 3.8) is 0 Å². The van der Waals surface area contributed by atoms with Crippen LogP contribution in [0.2, 0.25) is 0 Å². The van der Waals surface area contributed by atoms with Crippen molar-refractivity contribution in [2.75, 3.05) is 26.2 Å². The van der Waals surface area contributed by atoms with Crippen LogP contribution < -0.4 is 4.74 Å². The van der Waals surface area contributed by atoms with Crippen LogP contribution in [-0.2, 0) is 4.79 Å². The molecule has 0 atom stereocenters. The number of carboxylic acid groups (broad SMARTS) is 1. The summed E-state index contributed by atoms with van der Waals surface area (Å²) >= 11 is 0. The van der Waals surface area contributed by atoms with Gasteiger partial charge in [0.2, 0.25) is 0 Å². The summed E-state index contributed by atoms with van der Waals surface area (Å²) in [4.78, 5) is 30.4. The Morgan fingerprint density at radius 3 is 2.29 bits per heavy atom. The first-order chi connectivity index (χ1) is 16.1. The molecule has 0 bridgehead atoms. The third kappa shape index (κ3) is 7.14. The van der Waals surface area contributed by atoms with Crippen LogP contribution in [0.3, 0.4) is 0 Å². The van der Waals surface area contributed by atoms with E-state index in [4.69, 9.17) is 14.6 Å². The molecule has 1 amide bonds. The number of carbonyl (C=O) groups excluding carboxylic acids is 1. The number of carbonyl (C=O) groups is 2. The zero-order valence-electron chi connectivity index (χ0n) is 18.3. The Morgan fingerprint density at radius 2 is 1.74 bits per heavy atom. The largest absolute Gasteiger partial charge is 0.490 e. The fourth-order valence-electron chi connectivity index (χ4n) is 3.65. The number of aromatic nitrogens is 1. The number of hydrogen-bond donors (Lipinski definition) is 1. The van der Waals surface area contributed by atoms with Gasteiger partial charge in [0.1, 0.15) is 23.0 Å². The molecular formula is C23H25F4N3O4. The highest BCUT2D eigenvalue weighted by Gasteiger charge is 2.38. The topological polar surface area (TPSA) is 83.0 Å². The molecule has 7 nitrogen and oxygen atoms in total. The zero-order valence-corrected chi connectivity index (χ0v) is 18.3. The van der Waals surface area contributed by atoms with E-state index in [1.54, 1.807) is 24.3 Å². The maximum atomic E-state index is 13.2. The van der Waals surface area contributed by atoms with E-state index < -0.39 is 12.1 Å². The Bertz CT molecular complexity index is 981. The molecule has 1 saturated carbocycles. The number of alkyl halides is 3. The highest BCUT2D eigenvalue weighted by molar-refractivity contribution is 5.92. The van der Waals surface area contributed by atoms with E-state index in [2.05, 4.69) is 9.88 Å². The number of hydrogen-bond acceptors (Lipinski definition) is 5. The summed E-state index contributed by atoms with van der Waals surface area (Å²) in [6.07, 6.45) is 1.35. The van der Waals surface area contributed by atoms with Gasteiger partial charge in [0.05, 0.1) is 6.20 Å². The Balaban J connectivity index is 0.000000406. The number of rotatable bonds is 4. The van der Waals surface area contributed by atoms with Crippen LogP contribution in [0.15, 0.2) is 42.6 Å². The summed E-state index contributed by atoms with van der Waals surface area (Å²) in [6.45, 7) is 3.53. The van der Waals surface area contributed by atoms with Crippen LogP contribution in [0.1, 0.15) is 36.2 Å². The lowest BCUT2D eigenvalue weighted by molar-refractivity contribution is -0.192. The third-order valence-corrected chi connectivity index (χ3v) is 5.64. The number of carboxylic acids is 1. The van der Waals surface area contributed by atoms with E-state index in [-0.39, 0.29) is 11.7 Å². The SMILES string of the molecule is O=C(O)C(F)(F)F.O=C(c1ccc(Oc2cccc(F)c2)cn1)N1CCCN(C2CCC2)CC1. The first-order valence-electron chi connectivity index (χ1n) is 10.9. The number of pyridine rings is 1. The molecule has 0 spiro atoms. The normalized spacial score (nSPS) is 17.1. The molecule has 1 aliphatic carbocycles. The van der Waals surface area contributed by atoms with Crippen LogP contribution in [0.5, 0.6) is 11.5 Å². The maximum absolute atomic E-state index is 13.2. The predicted octanol–water partition coefficient (Wildman–Crippen LogP) is 4.35. The number of halogens is 4. The summed E-state index contributed by atoms with van der Waals surface area (Å²) < 4.78 is 50.6. The van der Waals surface area contributed by atoms with Crippen molar-refractivity contribution in [1.82, 2.24) is 14.8 Å². The Labute approximate surface area is 193 Å². The van der Waals surface area contributed by atoms with E-state index in [9.17, 15) is 22.4 Å². The van der Waals surface area contributed by atoms with Gasteiger partial charge in [-0.3, -0.25) is 9.69 Å². The van der Waals surface area contributed by atoms with Crippen molar-refractivity contribution in [1.29, 1.82) is 0 Å². The van der Waals surface area contributed by atoms with Gasteiger partial charge in [-0.25, -0.2) is 14.2 Å². The number of aliphatic carboxylic acids is 1. The molecule has 184 valence electrons. The van der Waals surface area contributed by atoms with Crippen LogP contribution in [-0.4, -0.2) is 70.2 Å². The number of benzene rings is 1. The maximum Gasteiger partial charge on any atom is 0.490 e. The van der Waals surface area contributed by atoms with Crippen molar-refractivity contribution in [3.05, 3.63) is 54.1 Å². The van der Waals surface area contributed by atoms with Gasteiger partial charge in [-0.15, -0.1) is 0 Å². The average molecular weight is 483 g/mol. The quantitative estimate of drug-likeness (QED) is 0.652. The monoisotopic (exact) mass is 483 g/mol. The molecule has 2 aliphatic rings. The predicted molar refractivity (Wildman–Crippen MR) is 114 cm³/mol. The van der Waals surface area contributed by atoms with Crippen LogP contribution >= 0.6 is 0 Å². The second-order valence-corrected chi connectivity index (χ2v) is 8.01. The minimum atomic E-state index is -5.08. The van der Waals surface area contributed by atoms with Gasteiger partial charge < -0.3 is 14.7 Å². The van der Waals surface area contributed by atoms with Crippen molar-refractivity contribution < 1.29 is 37.0 Å². The van der Waals surface area contributed by atoms with E-state index >= 15 is 0 Å². The van der Waals surface area contributed by atoms with Crippen LogP contribution in [0, 0.1) is 5.82 Å². The molecule has 0 unspecified atom stereocenters. The molecule has 1 N–H and O–H groups in total. The van der Waals surface area contributed by atoms with Gasteiger partial charge in [-0.1, -0.05) is 12.5 Å². The van der Waals surface area contributed by atoms with Gasteiger partial charge in [-0.2, -0.15) is 13.2 Å². The smallest absolute Gasteiger partial charge is 0.475 e. The fourth-order valence-corrected chi connectivity index (χ4v) is 3.65. The number of nitrogens with zero attached hydrogens (tertiary/aromatic N) is 3. The lowest BCUT2D eigenvalue weighted by Crippen LogP contribution is -2.42. The second-order valence-electron chi connectivity index (χ2n) is 8.01. The fraction of sp³-hybridized carbons (Fsp3) is 0.435. The number of amides is 1. The molecule has 1 aliphatic heterocycles. The molecule has 1 saturated heterocycles. The summed E-state index contributed by atoms with van der Waals surface area (Å²) in [6, 6.07) is 10.0.